The molecular formula is C14H19NO2. The zero-order chi connectivity index (χ0) is 11.7. The van der Waals surface area contributed by atoms with Gasteiger partial charge in [-0.05, 0) is 25.3 Å². The topological polar surface area (TPSA) is 41.5 Å². The Morgan fingerprint density at radius 1 is 1.18 bits per heavy atom. The van der Waals surface area contributed by atoms with Crippen LogP contribution < -0.4 is 10.1 Å². The molecule has 92 valence electrons. The quantitative estimate of drug-likeness (QED) is 0.821. The number of nitrogens with one attached hydrogen (secondary N) is 1. The minimum absolute atomic E-state index is 0.176. The summed E-state index contributed by atoms with van der Waals surface area (Å²) in [5.41, 5.74) is 1.23. The molecule has 0 amide bonds. The highest BCUT2D eigenvalue weighted by Crippen LogP contribution is 2.33. The van der Waals surface area contributed by atoms with Gasteiger partial charge in [-0.15, -0.1) is 0 Å². The third-order valence-corrected chi connectivity index (χ3v) is 3.85. The lowest BCUT2D eigenvalue weighted by Crippen LogP contribution is -2.39. The van der Waals surface area contributed by atoms with Gasteiger partial charge in [0.1, 0.15) is 5.75 Å². The van der Waals surface area contributed by atoms with Crippen molar-refractivity contribution in [3.8, 4) is 5.75 Å². The third kappa shape index (κ3) is 2.17. The number of fused-ring (bicyclic) bond motifs is 1. The van der Waals surface area contributed by atoms with Crippen molar-refractivity contribution in [2.75, 3.05) is 6.61 Å². The van der Waals surface area contributed by atoms with E-state index in [1.165, 1.54) is 5.56 Å². The molecule has 1 aliphatic carbocycles. The van der Waals surface area contributed by atoms with Gasteiger partial charge in [-0.1, -0.05) is 18.2 Å². The van der Waals surface area contributed by atoms with Crippen LogP contribution in [0.4, 0.5) is 0 Å². The van der Waals surface area contributed by atoms with Crippen LogP contribution in [0.1, 0.15) is 37.3 Å². The molecule has 0 radical (unpaired) electrons. The van der Waals surface area contributed by atoms with E-state index >= 15 is 0 Å². The molecule has 3 heteroatoms. The molecule has 0 spiro atoms. The molecule has 1 aromatic carbocycles. The first kappa shape index (κ1) is 11.1. The summed E-state index contributed by atoms with van der Waals surface area (Å²) in [5.74, 6) is 0.990. The normalized spacial score (nSPS) is 31.9. The van der Waals surface area contributed by atoms with Crippen LogP contribution in [-0.2, 0) is 0 Å². The van der Waals surface area contributed by atoms with Gasteiger partial charge in [-0.3, -0.25) is 0 Å². The summed E-state index contributed by atoms with van der Waals surface area (Å²) >= 11 is 0. The van der Waals surface area contributed by atoms with E-state index in [1.807, 2.05) is 18.2 Å². The van der Waals surface area contributed by atoms with Crippen molar-refractivity contribution in [1.82, 2.24) is 5.32 Å². The first-order chi connectivity index (χ1) is 8.34. The van der Waals surface area contributed by atoms with Crippen molar-refractivity contribution >= 4 is 0 Å². The van der Waals surface area contributed by atoms with Gasteiger partial charge < -0.3 is 15.2 Å². The van der Waals surface area contributed by atoms with Crippen molar-refractivity contribution in [3.05, 3.63) is 29.8 Å². The Morgan fingerprint density at radius 3 is 2.88 bits per heavy atom. The van der Waals surface area contributed by atoms with E-state index in [4.69, 9.17) is 4.74 Å². The molecule has 0 saturated heterocycles. The van der Waals surface area contributed by atoms with Gasteiger partial charge in [0.2, 0.25) is 0 Å². The predicted molar refractivity (Wildman–Crippen MR) is 66.1 cm³/mol. The summed E-state index contributed by atoms with van der Waals surface area (Å²) in [6.07, 6.45) is 3.96. The largest absolute Gasteiger partial charge is 0.493 e. The number of ether oxygens (including phenoxy) is 1. The number of para-hydroxylation sites is 1. The van der Waals surface area contributed by atoms with Crippen LogP contribution in [0.2, 0.25) is 0 Å². The summed E-state index contributed by atoms with van der Waals surface area (Å²) in [4.78, 5) is 0. The van der Waals surface area contributed by atoms with Gasteiger partial charge in [0.05, 0.1) is 12.7 Å². The van der Waals surface area contributed by atoms with Crippen molar-refractivity contribution in [3.63, 3.8) is 0 Å². The number of aliphatic hydroxyl groups excluding tert-OH is 1. The molecular weight excluding hydrogens is 214 g/mol. The van der Waals surface area contributed by atoms with Crippen molar-refractivity contribution < 1.29 is 9.84 Å². The van der Waals surface area contributed by atoms with Crippen LogP contribution in [0.5, 0.6) is 5.75 Å². The van der Waals surface area contributed by atoms with Gasteiger partial charge in [0.25, 0.3) is 0 Å². The predicted octanol–water partition coefficient (Wildman–Crippen LogP) is 2.01. The Bertz CT molecular complexity index is 394. The van der Waals surface area contributed by atoms with Crippen LogP contribution >= 0.6 is 0 Å². The maximum atomic E-state index is 9.87. The van der Waals surface area contributed by atoms with Crippen molar-refractivity contribution in [2.45, 2.75) is 43.9 Å². The summed E-state index contributed by atoms with van der Waals surface area (Å²) in [6.45, 7) is 0.761. The minimum Gasteiger partial charge on any atom is -0.493 e. The lowest BCUT2D eigenvalue weighted by Gasteiger charge is -2.30. The van der Waals surface area contributed by atoms with E-state index in [1.54, 1.807) is 0 Å². The van der Waals surface area contributed by atoms with Crippen LogP contribution in [0, 0.1) is 0 Å². The van der Waals surface area contributed by atoms with E-state index in [0.717, 1.165) is 38.0 Å². The molecule has 0 aromatic heterocycles. The van der Waals surface area contributed by atoms with Gasteiger partial charge in [0, 0.05) is 24.1 Å². The maximum Gasteiger partial charge on any atom is 0.124 e. The summed E-state index contributed by atoms with van der Waals surface area (Å²) in [6, 6.07) is 8.78. The number of rotatable bonds is 2. The van der Waals surface area contributed by atoms with Gasteiger partial charge in [-0.2, -0.15) is 0 Å². The highest BCUT2D eigenvalue weighted by atomic mass is 16.5. The smallest absolute Gasteiger partial charge is 0.124 e. The Hall–Kier alpha value is -1.06. The lowest BCUT2D eigenvalue weighted by molar-refractivity contribution is 0.135. The molecule has 3 rings (SSSR count). The lowest BCUT2D eigenvalue weighted by atomic mass is 9.99. The van der Waals surface area contributed by atoms with Crippen molar-refractivity contribution in [1.29, 1.82) is 0 Å². The molecule has 1 saturated carbocycles. The van der Waals surface area contributed by atoms with E-state index in [0.29, 0.717) is 6.04 Å². The number of hydrogen-bond donors (Lipinski definition) is 2. The molecule has 3 atom stereocenters. The molecule has 1 aliphatic heterocycles. The van der Waals surface area contributed by atoms with Gasteiger partial charge in [0.15, 0.2) is 0 Å². The second-order valence-electron chi connectivity index (χ2n) is 5.00. The molecule has 0 bridgehead atoms. The number of benzene rings is 1. The van der Waals surface area contributed by atoms with Gasteiger partial charge in [-0.25, -0.2) is 0 Å². The first-order valence-corrected chi connectivity index (χ1v) is 6.50. The molecule has 2 aliphatic rings. The van der Waals surface area contributed by atoms with E-state index in [2.05, 4.69) is 11.4 Å². The summed E-state index contributed by atoms with van der Waals surface area (Å²) in [7, 11) is 0. The monoisotopic (exact) mass is 233 g/mol. The zero-order valence-corrected chi connectivity index (χ0v) is 9.93. The molecule has 3 nitrogen and oxygen atoms in total. The fraction of sp³-hybridized carbons (Fsp3) is 0.571. The summed E-state index contributed by atoms with van der Waals surface area (Å²) in [5, 5.41) is 13.5. The van der Waals surface area contributed by atoms with Crippen LogP contribution in [0.15, 0.2) is 24.3 Å². The molecule has 1 unspecified atom stereocenters. The third-order valence-electron chi connectivity index (χ3n) is 3.85. The van der Waals surface area contributed by atoms with Crippen LogP contribution in [0.25, 0.3) is 0 Å². The molecule has 1 fully saturated rings. The molecule has 17 heavy (non-hydrogen) atoms. The highest BCUT2D eigenvalue weighted by Gasteiger charge is 2.29. The van der Waals surface area contributed by atoms with Gasteiger partial charge >= 0.3 is 0 Å². The highest BCUT2D eigenvalue weighted by molar-refractivity contribution is 5.37. The average Bonchev–Trinajstić information content (AvgIpc) is 2.76. The zero-order valence-electron chi connectivity index (χ0n) is 9.93. The SMILES string of the molecule is O[C@H]1CCC[C@@H]1NC1CCOc2ccccc21. The Kier molecular flexibility index (Phi) is 3.04. The van der Waals surface area contributed by atoms with Crippen LogP contribution in [-0.4, -0.2) is 23.9 Å². The molecule has 1 aromatic rings. The Morgan fingerprint density at radius 2 is 2.06 bits per heavy atom. The number of hydrogen-bond acceptors (Lipinski definition) is 3. The van der Waals surface area contributed by atoms with E-state index in [-0.39, 0.29) is 12.1 Å². The first-order valence-electron chi connectivity index (χ1n) is 6.50. The maximum absolute atomic E-state index is 9.87. The minimum atomic E-state index is -0.176. The van der Waals surface area contributed by atoms with E-state index < -0.39 is 0 Å². The average molecular weight is 233 g/mol. The fourth-order valence-electron chi connectivity index (χ4n) is 2.91. The second kappa shape index (κ2) is 4.67. The van der Waals surface area contributed by atoms with E-state index in [9.17, 15) is 5.11 Å². The second-order valence-corrected chi connectivity index (χ2v) is 5.00. The summed E-state index contributed by atoms with van der Waals surface area (Å²) < 4.78 is 5.64. The van der Waals surface area contributed by atoms with Crippen LogP contribution in [0.3, 0.4) is 0 Å². The fourth-order valence-corrected chi connectivity index (χ4v) is 2.91. The molecule has 1 heterocycles. The number of aliphatic hydroxyl groups is 1. The molecule has 2 N–H and O–H groups in total. The Labute approximate surface area is 102 Å². The van der Waals surface area contributed by atoms with Crippen molar-refractivity contribution in [2.24, 2.45) is 0 Å². The Balaban J connectivity index is 1.76. The standard InChI is InChI=1S/C14H19NO2/c16-13-6-3-5-12(13)15-11-8-9-17-14-7-2-1-4-10(11)14/h1-2,4,7,11-13,15-16H,3,5-6,8-9H2/t11?,12-,13-/m0/s1.